The molecule has 1 amide bonds. The van der Waals surface area contributed by atoms with Crippen LogP contribution in [-0.4, -0.2) is 57.3 Å². The zero-order valence-corrected chi connectivity index (χ0v) is 33.9. The summed E-state index contributed by atoms with van der Waals surface area (Å²) in [5.41, 5.74) is 0. The number of aliphatic hydroxyl groups is 4. The van der Waals surface area contributed by atoms with Gasteiger partial charge >= 0.3 is 0 Å². The first-order valence-corrected chi connectivity index (χ1v) is 22.2. The minimum atomic E-state index is -1.29. The van der Waals surface area contributed by atoms with E-state index < -0.39 is 36.9 Å². The zero-order chi connectivity index (χ0) is 37.5. The number of allylic oxidation sites excluding steroid dienone is 4. The van der Waals surface area contributed by atoms with Gasteiger partial charge in [-0.3, -0.25) is 4.79 Å². The maximum Gasteiger partial charge on any atom is 0.249 e. The molecule has 0 aliphatic heterocycles. The number of carbonyl (C=O) groups is 1. The van der Waals surface area contributed by atoms with Crippen molar-refractivity contribution in [3.05, 3.63) is 24.3 Å². The number of rotatable bonds is 40. The fourth-order valence-corrected chi connectivity index (χ4v) is 6.83. The van der Waals surface area contributed by atoms with Crippen LogP contribution in [-0.2, 0) is 4.79 Å². The highest BCUT2D eigenvalue weighted by molar-refractivity contribution is 5.80. The molecule has 0 saturated carbocycles. The first-order chi connectivity index (χ1) is 25.0. The molecule has 0 spiro atoms. The lowest BCUT2D eigenvalue weighted by atomic mass is 10.00. The van der Waals surface area contributed by atoms with E-state index in [4.69, 9.17) is 0 Å². The molecule has 51 heavy (non-hydrogen) atoms. The van der Waals surface area contributed by atoms with Gasteiger partial charge in [0.25, 0.3) is 0 Å². The molecule has 0 aliphatic carbocycles. The van der Waals surface area contributed by atoms with Gasteiger partial charge in [-0.1, -0.05) is 199 Å². The van der Waals surface area contributed by atoms with Gasteiger partial charge in [-0.2, -0.15) is 0 Å². The van der Waals surface area contributed by atoms with E-state index in [2.05, 4.69) is 43.5 Å². The molecule has 0 aliphatic rings. The van der Waals surface area contributed by atoms with Crippen LogP contribution in [0, 0.1) is 0 Å². The van der Waals surface area contributed by atoms with Crippen LogP contribution in [0.15, 0.2) is 24.3 Å². The third-order valence-corrected chi connectivity index (χ3v) is 10.4. The van der Waals surface area contributed by atoms with Crippen molar-refractivity contribution < 1.29 is 25.2 Å². The zero-order valence-electron chi connectivity index (χ0n) is 33.9. The van der Waals surface area contributed by atoms with Crippen molar-refractivity contribution in [1.82, 2.24) is 5.32 Å². The molecule has 0 rings (SSSR count). The van der Waals surface area contributed by atoms with E-state index in [0.717, 1.165) is 38.5 Å². The Balaban J connectivity index is 3.74. The summed E-state index contributed by atoms with van der Waals surface area (Å²) in [4.78, 5) is 12.5. The number of aliphatic hydroxyl groups excluding tert-OH is 4. The van der Waals surface area contributed by atoms with Crippen LogP contribution < -0.4 is 5.32 Å². The van der Waals surface area contributed by atoms with Gasteiger partial charge in [0, 0.05) is 0 Å². The highest BCUT2D eigenvalue weighted by Crippen LogP contribution is 2.16. The van der Waals surface area contributed by atoms with Crippen molar-refractivity contribution in [1.29, 1.82) is 0 Å². The molecule has 0 fully saturated rings. The summed E-state index contributed by atoms with van der Waals surface area (Å²) in [6.07, 6.45) is 45.0. The standard InChI is InChI=1S/C45H87NO5/c1-3-5-7-9-11-13-15-17-19-20-21-22-23-24-25-27-29-31-33-35-37-39-43(49)45(51)46-41(40-47)44(50)42(48)38-36-34-32-30-28-26-18-16-14-12-10-8-6-4-2/h16,18,30,32,41-44,47-50H,3-15,17,19-29,31,33-40H2,1-2H3,(H,46,51)/b18-16+,32-30+. The van der Waals surface area contributed by atoms with E-state index in [9.17, 15) is 25.2 Å². The third-order valence-electron chi connectivity index (χ3n) is 10.4. The molecular formula is C45H87NO5. The Morgan fingerprint density at radius 2 is 0.824 bits per heavy atom. The number of hydrogen-bond acceptors (Lipinski definition) is 5. The Hall–Kier alpha value is -1.21. The maximum atomic E-state index is 12.5. The van der Waals surface area contributed by atoms with Gasteiger partial charge in [0.15, 0.2) is 0 Å². The Kier molecular flexibility index (Phi) is 39.0. The molecule has 0 aromatic heterocycles. The van der Waals surface area contributed by atoms with E-state index in [1.807, 2.05) is 0 Å². The molecule has 0 aromatic rings. The third kappa shape index (κ3) is 34.3. The molecule has 0 saturated heterocycles. The van der Waals surface area contributed by atoms with E-state index >= 15 is 0 Å². The van der Waals surface area contributed by atoms with Crippen molar-refractivity contribution in [2.75, 3.05) is 6.61 Å². The first-order valence-electron chi connectivity index (χ1n) is 22.2. The van der Waals surface area contributed by atoms with Gasteiger partial charge in [-0.25, -0.2) is 0 Å². The molecule has 0 heterocycles. The molecule has 0 aromatic carbocycles. The summed E-state index contributed by atoms with van der Waals surface area (Å²) < 4.78 is 0. The SMILES string of the molecule is CCCCCCC/C=C/CC/C=C/CCCC(O)C(O)C(CO)NC(=O)C(O)CCCCCCCCCCCCCCCCCCCCCCC. The quantitative estimate of drug-likeness (QED) is 0.0320. The molecule has 6 heteroatoms. The molecule has 302 valence electrons. The lowest BCUT2D eigenvalue weighted by Gasteiger charge is -2.27. The summed E-state index contributed by atoms with van der Waals surface area (Å²) in [5, 5.41) is 43.6. The van der Waals surface area contributed by atoms with Crippen LogP contribution in [0.3, 0.4) is 0 Å². The molecule has 4 atom stereocenters. The van der Waals surface area contributed by atoms with Crippen LogP contribution in [0.25, 0.3) is 0 Å². The average molecular weight is 722 g/mol. The smallest absolute Gasteiger partial charge is 0.249 e. The number of hydrogen-bond donors (Lipinski definition) is 5. The van der Waals surface area contributed by atoms with Crippen molar-refractivity contribution in [3.63, 3.8) is 0 Å². The van der Waals surface area contributed by atoms with Crippen molar-refractivity contribution in [2.45, 2.75) is 250 Å². The van der Waals surface area contributed by atoms with Crippen molar-refractivity contribution >= 4 is 5.91 Å². The predicted octanol–water partition coefficient (Wildman–Crippen LogP) is 11.6. The first kappa shape index (κ1) is 49.8. The summed E-state index contributed by atoms with van der Waals surface area (Å²) in [5.74, 6) is -0.595. The monoisotopic (exact) mass is 722 g/mol. The van der Waals surface area contributed by atoms with Crippen LogP contribution in [0.4, 0.5) is 0 Å². The van der Waals surface area contributed by atoms with Gasteiger partial charge in [0.2, 0.25) is 5.91 Å². The van der Waals surface area contributed by atoms with Crippen molar-refractivity contribution in [2.24, 2.45) is 0 Å². The highest BCUT2D eigenvalue weighted by Gasteiger charge is 2.28. The van der Waals surface area contributed by atoms with Gasteiger partial charge < -0.3 is 25.7 Å². The second-order valence-electron chi connectivity index (χ2n) is 15.4. The van der Waals surface area contributed by atoms with E-state index in [1.165, 1.54) is 154 Å². The maximum absolute atomic E-state index is 12.5. The van der Waals surface area contributed by atoms with Crippen molar-refractivity contribution in [3.8, 4) is 0 Å². The Bertz CT molecular complexity index is 772. The summed E-state index contributed by atoms with van der Waals surface area (Å²) in [6.45, 7) is 4.02. The summed E-state index contributed by atoms with van der Waals surface area (Å²) in [6, 6.07) is -1.00. The van der Waals surface area contributed by atoms with E-state index in [-0.39, 0.29) is 0 Å². The molecule has 0 bridgehead atoms. The Labute approximate surface area is 316 Å². The van der Waals surface area contributed by atoms with Gasteiger partial charge in [0.05, 0.1) is 18.8 Å². The minimum absolute atomic E-state index is 0.364. The van der Waals surface area contributed by atoms with Gasteiger partial charge in [-0.05, 0) is 51.4 Å². The Morgan fingerprint density at radius 1 is 0.471 bits per heavy atom. The largest absolute Gasteiger partial charge is 0.394 e. The van der Waals surface area contributed by atoms with Crippen LogP contribution >= 0.6 is 0 Å². The van der Waals surface area contributed by atoms with Crippen LogP contribution in [0.2, 0.25) is 0 Å². The summed E-state index contributed by atoms with van der Waals surface area (Å²) >= 11 is 0. The van der Waals surface area contributed by atoms with E-state index in [1.54, 1.807) is 0 Å². The minimum Gasteiger partial charge on any atom is -0.394 e. The van der Waals surface area contributed by atoms with E-state index in [0.29, 0.717) is 19.3 Å². The molecule has 5 N–H and O–H groups in total. The number of unbranched alkanes of at least 4 members (excludes halogenated alkanes) is 27. The lowest BCUT2D eigenvalue weighted by molar-refractivity contribution is -0.132. The lowest BCUT2D eigenvalue weighted by Crippen LogP contribution is -2.53. The fourth-order valence-electron chi connectivity index (χ4n) is 6.83. The number of carbonyl (C=O) groups excluding carboxylic acids is 1. The Morgan fingerprint density at radius 3 is 1.24 bits per heavy atom. The average Bonchev–Trinajstić information content (AvgIpc) is 3.13. The number of amides is 1. The molecule has 6 nitrogen and oxygen atoms in total. The second-order valence-corrected chi connectivity index (χ2v) is 15.4. The predicted molar refractivity (Wildman–Crippen MR) is 219 cm³/mol. The normalized spacial score (nSPS) is 14.4. The molecular weight excluding hydrogens is 634 g/mol. The van der Waals surface area contributed by atoms with Crippen LogP contribution in [0.5, 0.6) is 0 Å². The highest BCUT2D eigenvalue weighted by atomic mass is 16.3. The summed E-state index contributed by atoms with van der Waals surface area (Å²) in [7, 11) is 0. The van der Waals surface area contributed by atoms with Gasteiger partial charge in [0.1, 0.15) is 12.2 Å². The second kappa shape index (κ2) is 40.0. The molecule has 0 radical (unpaired) electrons. The van der Waals surface area contributed by atoms with Crippen LogP contribution in [0.1, 0.15) is 226 Å². The fraction of sp³-hybridized carbons (Fsp3) is 0.889. The number of nitrogens with one attached hydrogen (secondary N) is 1. The van der Waals surface area contributed by atoms with Gasteiger partial charge in [-0.15, -0.1) is 0 Å². The topological polar surface area (TPSA) is 110 Å². The molecule has 4 unspecified atom stereocenters.